The second-order valence-corrected chi connectivity index (χ2v) is 20.6. The number of phenols is 3. The van der Waals surface area contributed by atoms with Gasteiger partial charge in [-0.3, -0.25) is 0 Å². The summed E-state index contributed by atoms with van der Waals surface area (Å²) in [5, 5.41) is 33.8. The van der Waals surface area contributed by atoms with Crippen molar-refractivity contribution < 1.29 is 30.0 Å². The molecule has 57 heavy (non-hydrogen) atoms. The van der Waals surface area contributed by atoms with Crippen LogP contribution < -0.4 is 0 Å². The lowest BCUT2D eigenvalue weighted by atomic mass is 9.62. The summed E-state index contributed by atoms with van der Waals surface area (Å²) in [6.07, 6.45) is 16.1. The zero-order chi connectivity index (χ0) is 43.5. The molecule has 3 aromatic rings. The van der Waals surface area contributed by atoms with Crippen LogP contribution in [-0.4, -0.2) is 30.0 Å². The maximum absolute atomic E-state index is 11.4. The highest BCUT2D eigenvalue weighted by atomic mass is 31.2. The minimum Gasteiger partial charge on any atom is -0.508 e. The fraction of sp³-hybridized carbons (Fsp3) is 0.640. The van der Waals surface area contributed by atoms with Gasteiger partial charge in [0.15, 0.2) is 0 Å². The van der Waals surface area contributed by atoms with Crippen LogP contribution in [0, 0.1) is 20.8 Å². The lowest BCUT2D eigenvalue weighted by Crippen LogP contribution is -2.33. The molecule has 3 aromatic carbocycles. The molecule has 0 aliphatic carbocycles. The molecule has 0 amide bonds. The van der Waals surface area contributed by atoms with E-state index in [9.17, 15) is 15.3 Å². The smallest absolute Gasteiger partial charge is 0.324 e. The van der Waals surface area contributed by atoms with Gasteiger partial charge in [0.1, 0.15) is 17.2 Å². The lowest BCUT2D eigenvalue weighted by molar-refractivity contribution is 0.368. The van der Waals surface area contributed by atoms with Gasteiger partial charge in [0.2, 0.25) is 0 Å². The highest BCUT2D eigenvalue weighted by molar-refractivity contribution is 7.38. The van der Waals surface area contributed by atoms with Gasteiger partial charge in [-0.1, -0.05) is 165 Å². The van der Waals surface area contributed by atoms with Gasteiger partial charge >= 0.3 is 8.60 Å². The largest absolute Gasteiger partial charge is 0.508 e. The van der Waals surface area contributed by atoms with E-state index in [-0.39, 0.29) is 27.6 Å². The molecule has 0 heterocycles. The van der Waals surface area contributed by atoms with Gasteiger partial charge in [0, 0.05) is 5.41 Å². The van der Waals surface area contributed by atoms with Gasteiger partial charge in [0.05, 0.1) is 0 Å². The number of hydrogen-bond acceptors (Lipinski definition) is 6. The van der Waals surface area contributed by atoms with E-state index in [1.165, 1.54) is 80.9 Å². The minimum absolute atomic E-state index is 0.169. The number of aryl methyl sites for hydroxylation is 3. The van der Waals surface area contributed by atoms with Crippen LogP contribution in [0.1, 0.15) is 216 Å². The Hall–Kier alpha value is -2.63. The number of hydrogen-bond donors (Lipinski definition) is 6. The Balaban J connectivity index is 0.00000267. The molecule has 3 rings (SSSR count). The Morgan fingerprint density at radius 3 is 1.14 bits per heavy atom. The standard InChI is InChI=1S/C50H78O3.H3O3P/c1-15-16-17-18-19-20-21-22-23-24-25-26-50(39-31-42(48(9,10)11)45(52)28-35(39)3,40-32-43(49(12,13)14)46(53)29-36(40)4)33-37(5)38-30-41(47(6,7)8)44(51)27-34(38)2;1-4(2)3/h27-32,37,51-53H,15-26,33H2,1-14H3;1-3H. The summed E-state index contributed by atoms with van der Waals surface area (Å²) < 4.78 is 0. The maximum atomic E-state index is 11.4. The van der Waals surface area contributed by atoms with Crippen molar-refractivity contribution in [2.24, 2.45) is 0 Å². The predicted molar refractivity (Wildman–Crippen MR) is 243 cm³/mol. The first-order valence-electron chi connectivity index (χ1n) is 21.7. The van der Waals surface area contributed by atoms with Crippen LogP contribution in [0.4, 0.5) is 0 Å². The molecule has 0 bridgehead atoms. The summed E-state index contributed by atoms with van der Waals surface area (Å²) >= 11 is 0. The second kappa shape index (κ2) is 21.6. The monoisotopic (exact) mass is 809 g/mol. The van der Waals surface area contributed by atoms with E-state index in [1.807, 2.05) is 18.2 Å². The van der Waals surface area contributed by atoms with E-state index >= 15 is 0 Å². The van der Waals surface area contributed by atoms with Crippen molar-refractivity contribution in [3.63, 3.8) is 0 Å². The lowest BCUT2D eigenvalue weighted by Gasteiger charge is -2.42. The molecule has 322 valence electrons. The van der Waals surface area contributed by atoms with Gasteiger partial charge in [-0.25, -0.2) is 0 Å². The summed E-state index contributed by atoms with van der Waals surface area (Å²) in [4.78, 5) is 21.7. The molecule has 7 heteroatoms. The molecule has 0 radical (unpaired) electrons. The molecule has 1 atom stereocenters. The first-order valence-corrected chi connectivity index (χ1v) is 22.9. The number of aromatic hydroxyl groups is 3. The molecule has 0 fully saturated rings. The van der Waals surface area contributed by atoms with Crippen molar-refractivity contribution in [2.75, 3.05) is 0 Å². The van der Waals surface area contributed by atoms with Gasteiger partial charge < -0.3 is 30.0 Å². The Bertz CT molecular complexity index is 1630. The van der Waals surface area contributed by atoms with Crippen molar-refractivity contribution in [3.8, 4) is 17.2 Å². The third kappa shape index (κ3) is 14.6. The highest BCUT2D eigenvalue weighted by Gasteiger charge is 2.41. The predicted octanol–water partition coefficient (Wildman–Crippen LogP) is 14.0. The average molecular weight is 809 g/mol. The van der Waals surface area contributed by atoms with Gasteiger partial charge in [0.25, 0.3) is 0 Å². The zero-order valence-corrected chi connectivity index (χ0v) is 39.3. The number of unbranched alkanes of at least 4 members (excludes halogenated alkanes) is 10. The third-order valence-electron chi connectivity index (χ3n) is 11.9. The Morgan fingerprint density at radius 2 is 0.789 bits per heavy atom. The summed E-state index contributed by atoms with van der Waals surface area (Å²) in [6, 6.07) is 12.9. The SMILES string of the molecule is CCCCCCCCCCCCCC(CC(C)c1cc(C(C)(C)C)c(O)cc1C)(c1cc(C(C)(C)C)c(O)cc1C)c1cc(C(C)(C)C)c(O)cc1C.OP(O)O. The third-order valence-corrected chi connectivity index (χ3v) is 11.9. The van der Waals surface area contributed by atoms with Gasteiger partial charge in [-0.2, -0.15) is 0 Å². The number of rotatable bonds is 17. The molecule has 0 saturated carbocycles. The van der Waals surface area contributed by atoms with E-state index in [0.29, 0.717) is 17.2 Å². The Labute approximate surface area is 349 Å². The Kier molecular flexibility index (Phi) is 19.1. The molecule has 6 nitrogen and oxygen atoms in total. The molecule has 6 N–H and O–H groups in total. The van der Waals surface area contributed by atoms with E-state index < -0.39 is 8.60 Å². The van der Waals surface area contributed by atoms with E-state index in [1.54, 1.807) is 0 Å². The maximum Gasteiger partial charge on any atom is 0.324 e. The molecule has 0 aromatic heterocycles. The van der Waals surface area contributed by atoms with Crippen molar-refractivity contribution in [2.45, 2.75) is 208 Å². The van der Waals surface area contributed by atoms with Crippen molar-refractivity contribution in [3.05, 3.63) is 86.5 Å². The first kappa shape index (κ1) is 50.5. The van der Waals surface area contributed by atoms with E-state index in [4.69, 9.17) is 14.7 Å². The van der Waals surface area contributed by atoms with Crippen molar-refractivity contribution >= 4 is 8.60 Å². The van der Waals surface area contributed by atoms with Crippen LogP contribution in [0.5, 0.6) is 17.2 Å². The Morgan fingerprint density at radius 1 is 0.474 bits per heavy atom. The summed E-state index contributed by atoms with van der Waals surface area (Å²) in [5.41, 5.74) is 9.01. The van der Waals surface area contributed by atoms with Crippen LogP contribution >= 0.6 is 8.60 Å². The molecule has 0 spiro atoms. The van der Waals surface area contributed by atoms with Gasteiger partial charge in [-0.15, -0.1) is 0 Å². The molecular weight excluding hydrogens is 728 g/mol. The van der Waals surface area contributed by atoms with E-state index in [2.05, 4.69) is 115 Å². The van der Waals surface area contributed by atoms with Crippen LogP contribution in [0.25, 0.3) is 0 Å². The molecule has 0 aliphatic rings. The number of benzene rings is 3. The van der Waals surface area contributed by atoms with Crippen LogP contribution in [-0.2, 0) is 21.7 Å². The van der Waals surface area contributed by atoms with Crippen LogP contribution in [0.3, 0.4) is 0 Å². The normalized spacial score (nSPS) is 13.2. The second-order valence-electron chi connectivity index (χ2n) is 20.1. The molecule has 0 saturated heterocycles. The van der Waals surface area contributed by atoms with E-state index in [0.717, 1.165) is 52.6 Å². The minimum atomic E-state index is -2.62. The van der Waals surface area contributed by atoms with Crippen molar-refractivity contribution in [1.82, 2.24) is 0 Å². The fourth-order valence-corrected chi connectivity index (χ4v) is 8.92. The van der Waals surface area contributed by atoms with Gasteiger partial charge in [-0.05, 0) is 124 Å². The summed E-state index contributed by atoms with van der Waals surface area (Å²) in [7, 11) is -2.62. The zero-order valence-electron chi connectivity index (χ0n) is 38.4. The topological polar surface area (TPSA) is 121 Å². The average Bonchev–Trinajstić information content (AvgIpc) is 3.04. The fourth-order valence-electron chi connectivity index (χ4n) is 8.92. The van der Waals surface area contributed by atoms with Crippen molar-refractivity contribution in [1.29, 1.82) is 0 Å². The molecule has 1 unspecified atom stereocenters. The quantitative estimate of drug-likeness (QED) is 0.0597. The first-order chi connectivity index (χ1) is 26.3. The van der Waals surface area contributed by atoms with Crippen LogP contribution in [0.15, 0.2) is 36.4 Å². The highest BCUT2D eigenvalue weighted by Crippen LogP contribution is 2.51. The van der Waals surface area contributed by atoms with Crippen LogP contribution in [0.2, 0.25) is 0 Å². The molecular formula is C50H81O6P. The summed E-state index contributed by atoms with van der Waals surface area (Å²) in [6.45, 7) is 30.8. The number of phenolic OH excluding ortho intramolecular Hbond substituents is 3. The summed E-state index contributed by atoms with van der Waals surface area (Å²) in [5.74, 6) is 1.25. The molecule has 0 aliphatic heterocycles.